The lowest BCUT2D eigenvalue weighted by Gasteiger charge is -2.10. The van der Waals surface area contributed by atoms with Crippen molar-refractivity contribution in [3.05, 3.63) is 28.2 Å². The Balaban J connectivity index is 2.31. The number of nitrogens with one attached hydrogen (secondary N) is 2. The van der Waals surface area contributed by atoms with Crippen LogP contribution in [0.2, 0.25) is 0 Å². The van der Waals surface area contributed by atoms with Crippen molar-refractivity contribution in [2.24, 2.45) is 0 Å². The van der Waals surface area contributed by atoms with Crippen LogP contribution in [0.3, 0.4) is 0 Å². The minimum atomic E-state index is 0.261. The summed E-state index contributed by atoms with van der Waals surface area (Å²) in [6.07, 6.45) is 0. The molecule has 0 amide bonds. The quantitative estimate of drug-likeness (QED) is 0.901. The molecule has 0 saturated heterocycles. The zero-order valence-corrected chi connectivity index (χ0v) is 12.4. The van der Waals surface area contributed by atoms with E-state index in [-0.39, 0.29) is 6.01 Å². The van der Waals surface area contributed by atoms with Crippen LogP contribution in [0.25, 0.3) is 0 Å². The SMILES string of the molecule is CNc1nc(Nc2ccc(Br)cc2C)nc(OC)n1. The highest BCUT2D eigenvalue weighted by atomic mass is 79.9. The van der Waals surface area contributed by atoms with E-state index in [1.807, 2.05) is 25.1 Å². The largest absolute Gasteiger partial charge is 0.467 e. The minimum absolute atomic E-state index is 0.261. The van der Waals surface area contributed by atoms with Crippen molar-refractivity contribution in [2.45, 2.75) is 6.92 Å². The minimum Gasteiger partial charge on any atom is -0.467 e. The van der Waals surface area contributed by atoms with Crippen molar-refractivity contribution < 1.29 is 4.74 Å². The van der Waals surface area contributed by atoms with Crippen molar-refractivity contribution in [1.82, 2.24) is 15.0 Å². The van der Waals surface area contributed by atoms with E-state index in [0.29, 0.717) is 11.9 Å². The van der Waals surface area contributed by atoms with Gasteiger partial charge in [-0.15, -0.1) is 0 Å². The molecule has 0 fully saturated rings. The standard InChI is InChI=1S/C12H14BrN5O/c1-7-6-8(13)4-5-9(7)15-11-16-10(14-2)17-12(18-11)19-3/h4-6H,1-3H3,(H2,14,15,16,17,18). The highest BCUT2D eigenvalue weighted by Crippen LogP contribution is 2.23. The Kier molecular flexibility index (Phi) is 4.16. The maximum Gasteiger partial charge on any atom is 0.322 e. The number of nitrogens with zero attached hydrogens (tertiary/aromatic N) is 3. The van der Waals surface area contributed by atoms with Gasteiger partial charge in [-0.3, -0.25) is 0 Å². The number of hydrogen-bond donors (Lipinski definition) is 2. The van der Waals surface area contributed by atoms with Gasteiger partial charge in [-0.25, -0.2) is 0 Å². The molecular weight excluding hydrogens is 310 g/mol. The maximum absolute atomic E-state index is 5.03. The normalized spacial score (nSPS) is 10.1. The molecule has 1 heterocycles. The molecule has 0 aliphatic rings. The van der Waals surface area contributed by atoms with E-state index in [2.05, 4.69) is 41.5 Å². The molecule has 0 spiro atoms. The summed E-state index contributed by atoms with van der Waals surface area (Å²) in [7, 11) is 3.26. The zero-order valence-electron chi connectivity index (χ0n) is 10.9. The Morgan fingerprint density at radius 3 is 2.53 bits per heavy atom. The van der Waals surface area contributed by atoms with Crippen LogP contribution < -0.4 is 15.4 Å². The number of aromatic nitrogens is 3. The summed E-state index contributed by atoms with van der Waals surface area (Å²) in [5, 5.41) is 6.01. The highest BCUT2D eigenvalue weighted by Gasteiger charge is 2.07. The monoisotopic (exact) mass is 323 g/mol. The van der Waals surface area contributed by atoms with Crippen LogP contribution in [0.4, 0.5) is 17.6 Å². The number of rotatable bonds is 4. The lowest BCUT2D eigenvalue weighted by atomic mass is 10.2. The first-order valence-corrected chi connectivity index (χ1v) is 6.42. The molecule has 0 unspecified atom stereocenters. The molecule has 1 aromatic heterocycles. The van der Waals surface area contributed by atoms with Gasteiger partial charge in [0.05, 0.1) is 7.11 Å². The summed E-state index contributed by atoms with van der Waals surface area (Å²) in [6.45, 7) is 2.00. The molecule has 2 N–H and O–H groups in total. The van der Waals surface area contributed by atoms with Crippen LogP contribution in [0.5, 0.6) is 6.01 Å². The number of methoxy groups -OCH3 is 1. The van der Waals surface area contributed by atoms with Gasteiger partial charge in [-0.2, -0.15) is 15.0 Å². The van der Waals surface area contributed by atoms with Crippen LogP contribution in [-0.2, 0) is 0 Å². The first kappa shape index (κ1) is 13.5. The Morgan fingerprint density at radius 1 is 1.16 bits per heavy atom. The molecule has 0 atom stereocenters. The smallest absolute Gasteiger partial charge is 0.322 e. The van der Waals surface area contributed by atoms with E-state index in [9.17, 15) is 0 Å². The molecule has 19 heavy (non-hydrogen) atoms. The average molecular weight is 324 g/mol. The van der Waals surface area contributed by atoms with Gasteiger partial charge < -0.3 is 15.4 Å². The van der Waals surface area contributed by atoms with Gasteiger partial charge in [0, 0.05) is 17.2 Å². The summed E-state index contributed by atoms with van der Waals surface area (Å²) in [5.74, 6) is 0.880. The van der Waals surface area contributed by atoms with E-state index >= 15 is 0 Å². The van der Waals surface area contributed by atoms with Gasteiger partial charge in [0.15, 0.2) is 0 Å². The number of ether oxygens (including phenoxy) is 1. The Morgan fingerprint density at radius 2 is 1.89 bits per heavy atom. The Bertz CT molecular complexity index is 568. The summed E-state index contributed by atoms with van der Waals surface area (Å²) >= 11 is 3.43. The van der Waals surface area contributed by atoms with E-state index in [0.717, 1.165) is 15.7 Å². The van der Waals surface area contributed by atoms with Gasteiger partial charge in [0.25, 0.3) is 0 Å². The Labute approximate surface area is 119 Å². The van der Waals surface area contributed by atoms with Crippen molar-refractivity contribution in [3.8, 4) is 6.01 Å². The molecule has 2 aromatic rings. The summed E-state index contributed by atoms with van der Waals surface area (Å²) in [4.78, 5) is 12.4. The molecule has 0 aliphatic carbocycles. The van der Waals surface area contributed by atoms with Crippen molar-refractivity contribution in [1.29, 1.82) is 0 Å². The van der Waals surface area contributed by atoms with Crippen LogP contribution in [-0.4, -0.2) is 29.1 Å². The van der Waals surface area contributed by atoms with Gasteiger partial charge in [-0.05, 0) is 30.7 Å². The fraction of sp³-hybridized carbons (Fsp3) is 0.250. The van der Waals surface area contributed by atoms with Crippen molar-refractivity contribution >= 4 is 33.5 Å². The second-order valence-electron chi connectivity index (χ2n) is 3.80. The highest BCUT2D eigenvalue weighted by molar-refractivity contribution is 9.10. The molecule has 1 aromatic carbocycles. The molecule has 2 rings (SSSR count). The third-order valence-corrected chi connectivity index (χ3v) is 2.95. The lowest BCUT2D eigenvalue weighted by molar-refractivity contribution is 0.379. The summed E-state index contributed by atoms with van der Waals surface area (Å²) < 4.78 is 6.06. The van der Waals surface area contributed by atoms with Gasteiger partial charge in [-0.1, -0.05) is 15.9 Å². The van der Waals surface area contributed by atoms with E-state index in [4.69, 9.17) is 4.74 Å². The van der Waals surface area contributed by atoms with E-state index < -0.39 is 0 Å². The van der Waals surface area contributed by atoms with Crippen LogP contribution in [0, 0.1) is 6.92 Å². The zero-order chi connectivity index (χ0) is 13.8. The Hall–Kier alpha value is -1.89. The lowest BCUT2D eigenvalue weighted by Crippen LogP contribution is -2.06. The average Bonchev–Trinajstić information content (AvgIpc) is 2.41. The number of hydrogen-bond acceptors (Lipinski definition) is 6. The summed E-state index contributed by atoms with van der Waals surface area (Å²) in [6, 6.07) is 6.18. The predicted octanol–water partition coefficient (Wildman–Crippen LogP) is 2.74. The first-order valence-electron chi connectivity index (χ1n) is 5.63. The molecular formula is C12H14BrN5O. The van der Waals surface area contributed by atoms with Crippen LogP contribution in [0.1, 0.15) is 5.56 Å². The molecule has 0 radical (unpaired) electrons. The summed E-state index contributed by atoms with van der Waals surface area (Å²) in [5.41, 5.74) is 2.01. The molecule has 7 heteroatoms. The maximum atomic E-state index is 5.03. The third kappa shape index (κ3) is 3.31. The van der Waals surface area contributed by atoms with Gasteiger partial charge in [0.1, 0.15) is 0 Å². The fourth-order valence-corrected chi connectivity index (χ4v) is 1.98. The molecule has 0 saturated carbocycles. The number of aryl methyl sites for hydroxylation is 1. The fourth-order valence-electron chi connectivity index (χ4n) is 1.50. The van der Waals surface area contributed by atoms with Gasteiger partial charge >= 0.3 is 6.01 Å². The first-order chi connectivity index (χ1) is 9.12. The van der Waals surface area contributed by atoms with Crippen molar-refractivity contribution in [3.63, 3.8) is 0 Å². The van der Waals surface area contributed by atoms with E-state index in [1.54, 1.807) is 7.05 Å². The second kappa shape index (κ2) is 5.83. The number of anilines is 3. The third-order valence-electron chi connectivity index (χ3n) is 2.46. The molecule has 0 bridgehead atoms. The topological polar surface area (TPSA) is 72.0 Å². The molecule has 6 nitrogen and oxygen atoms in total. The second-order valence-corrected chi connectivity index (χ2v) is 4.72. The van der Waals surface area contributed by atoms with Crippen LogP contribution >= 0.6 is 15.9 Å². The van der Waals surface area contributed by atoms with Gasteiger partial charge in [0.2, 0.25) is 11.9 Å². The van der Waals surface area contributed by atoms with E-state index in [1.165, 1.54) is 7.11 Å². The predicted molar refractivity (Wildman–Crippen MR) is 78.1 cm³/mol. The number of halogens is 1. The van der Waals surface area contributed by atoms with Crippen molar-refractivity contribution in [2.75, 3.05) is 24.8 Å². The van der Waals surface area contributed by atoms with Crippen LogP contribution in [0.15, 0.2) is 22.7 Å². The molecule has 100 valence electrons. The number of benzene rings is 1. The molecule has 0 aliphatic heterocycles.